The van der Waals surface area contributed by atoms with Crippen LogP contribution in [0.5, 0.6) is 0 Å². The quantitative estimate of drug-likeness (QED) is 0.625. The highest BCUT2D eigenvalue weighted by Gasteiger charge is 2.21. The minimum absolute atomic E-state index is 0.380. The predicted octanol–water partition coefficient (Wildman–Crippen LogP) is -0.273. The summed E-state index contributed by atoms with van der Waals surface area (Å²) in [6, 6.07) is 2.17. The number of hydrogen-bond acceptors (Lipinski definition) is 6. The van der Waals surface area contributed by atoms with Crippen molar-refractivity contribution in [2.75, 3.05) is 23.7 Å². The van der Waals surface area contributed by atoms with Crippen LogP contribution >= 0.6 is 0 Å². The van der Waals surface area contributed by atoms with Gasteiger partial charge in [0.05, 0.1) is 0 Å². The summed E-state index contributed by atoms with van der Waals surface area (Å²) in [6.07, 6.45) is 3.48. The Morgan fingerprint density at radius 2 is 2.18 bits per heavy atom. The Hall–Kier alpha value is -1.34. The molecular weight excluding hydrogens is 217 g/mol. The van der Waals surface area contributed by atoms with Crippen molar-refractivity contribution in [1.29, 1.82) is 0 Å². The second-order valence-electron chi connectivity index (χ2n) is 4.41. The van der Waals surface area contributed by atoms with Gasteiger partial charge in [0.1, 0.15) is 18.0 Å². The van der Waals surface area contributed by atoms with E-state index in [1.165, 1.54) is 6.33 Å². The number of anilines is 2. The number of nitrogens with two attached hydrogens (primary N) is 1. The molecule has 1 aromatic rings. The lowest BCUT2D eigenvalue weighted by Gasteiger charge is -2.33. The zero-order valence-corrected chi connectivity index (χ0v) is 10.0. The monoisotopic (exact) mass is 235 g/mol. The molecule has 7 heteroatoms. The first kappa shape index (κ1) is 12.1. The molecule has 0 unspecified atom stereocenters. The third kappa shape index (κ3) is 3.31. The van der Waals surface area contributed by atoms with E-state index in [1.807, 2.05) is 0 Å². The molecule has 6 nitrogen and oxygen atoms in total. The third-order valence-corrected chi connectivity index (χ3v) is 2.97. The van der Waals surface area contributed by atoms with Gasteiger partial charge in [0.25, 0.3) is 0 Å². The van der Waals surface area contributed by atoms with E-state index < -0.39 is 7.05 Å². The molecule has 1 aromatic heterocycles. The summed E-state index contributed by atoms with van der Waals surface area (Å²) >= 11 is 0. The van der Waals surface area contributed by atoms with E-state index in [2.05, 4.69) is 20.1 Å². The van der Waals surface area contributed by atoms with Gasteiger partial charge in [-0.1, -0.05) is 0 Å². The molecule has 1 aliphatic heterocycles. The molecule has 1 aliphatic rings. The molecule has 0 bridgehead atoms. The third-order valence-electron chi connectivity index (χ3n) is 2.97. The van der Waals surface area contributed by atoms with Crippen LogP contribution in [-0.2, 0) is 0 Å². The Labute approximate surface area is 101 Å². The molecule has 0 amide bonds. The number of nitrogens with zero attached hydrogens (tertiary/aromatic N) is 3. The number of aromatic nitrogens is 2. The SMILES string of the molecule is CB(O)NC1CCN(c2cc(N)ncn2)CC1. The van der Waals surface area contributed by atoms with E-state index in [9.17, 15) is 5.02 Å². The van der Waals surface area contributed by atoms with E-state index >= 15 is 0 Å². The maximum absolute atomic E-state index is 9.26. The molecule has 2 heterocycles. The first-order valence-electron chi connectivity index (χ1n) is 5.92. The van der Waals surface area contributed by atoms with Gasteiger partial charge in [-0.3, -0.25) is 0 Å². The van der Waals surface area contributed by atoms with Crippen molar-refractivity contribution in [2.45, 2.75) is 25.7 Å². The van der Waals surface area contributed by atoms with E-state index in [0.717, 1.165) is 31.7 Å². The summed E-state index contributed by atoms with van der Waals surface area (Å²) in [5, 5.41) is 12.4. The number of nitrogens with one attached hydrogen (secondary N) is 1. The molecule has 17 heavy (non-hydrogen) atoms. The lowest BCUT2D eigenvalue weighted by Crippen LogP contribution is -2.47. The lowest BCUT2D eigenvalue weighted by molar-refractivity contribution is 0.440. The van der Waals surface area contributed by atoms with E-state index in [1.54, 1.807) is 12.9 Å². The van der Waals surface area contributed by atoms with Crippen LogP contribution in [0.1, 0.15) is 12.8 Å². The number of nitrogen functional groups attached to an aromatic ring is 1. The Bertz CT molecular complexity index is 367. The van der Waals surface area contributed by atoms with Crippen molar-refractivity contribution < 1.29 is 5.02 Å². The molecule has 1 saturated heterocycles. The van der Waals surface area contributed by atoms with Crippen LogP contribution in [0.25, 0.3) is 0 Å². The molecule has 0 aromatic carbocycles. The van der Waals surface area contributed by atoms with Crippen LogP contribution in [0.15, 0.2) is 12.4 Å². The van der Waals surface area contributed by atoms with Crippen molar-refractivity contribution in [2.24, 2.45) is 0 Å². The molecule has 0 saturated carbocycles. The second kappa shape index (κ2) is 5.33. The van der Waals surface area contributed by atoms with Gasteiger partial charge in [-0.15, -0.1) is 0 Å². The summed E-state index contributed by atoms with van der Waals surface area (Å²) in [6.45, 7) is 3.58. The molecule has 4 N–H and O–H groups in total. The van der Waals surface area contributed by atoms with Crippen molar-refractivity contribution >= 4 is 18.7 Å². The Balaban J connectivity index is 1.91. The maximum Gasteiger partial charge on any atom is 0.373 e. The minimum Gasteiger partial charge on any atom is -0.437 e. The van der Waals surface area contributed by atoms with Gasteiger partial charge in [0.2, 0.25) is 0 Å². The average Bonchev–Trinajstić information content (AvgIpc) is 2.29. The van der Waals surface area contributed by atoms with Crippen LogP contribution in [0.4, 0.5) is 11.6 Å². The minimum atomic E-state index is -0.443. The fourth-order valence-corrected chi connectivity index (χ4v) is 2.15. The van der Waals surface area contributed by atoms with Gasteiger partial charge >= 0.3 is 7.05 Å². The van der Waals surface area contributed by atoms with E-state index in [4.69, 9.17) is 5.73 Å². The summed E-state index contributed by atoms with van der Waals surface area (Å²) in [4.78, 5) is 10.3. The van der Waals surface area contributed by atoms with Crippen molar-refractivity contribution in [3.8, 4) is 0 Å². The lowest BCUT2D eigenvalue weighted by atomic mass is 9.85. The first-order valence-corrected chi connectivity index (χ1v) is 5.92. The smallest absolute Gasteiger partial charge is 0.373 e. The van der Waals surface area contributed by atoms with Crippen LogP contribution in [-0.4, -0.2) is 41.2 Å². The van der Waals surface area contributed by atoms with Crippen molar-refractivity contribution in [1.82, 2.24) is 15.2 Å². The topological polar surface area (TPSA) is 87.3 Å². The van der Waals surface area contributed by atoms with Gasteiger partial charge in [0, 0.05) is 25.2 Å². The molecule has 0 aliphatic carbocycles. The molecule has 0 spiro atoms. The largest absolute Gasteiger partial charge is 0.437 e. The molecule has 92 valence electrons. The predicted molar refractivity (Wildman–Crippen MR) is 68.7 cm³/mol. The van der Waals surface area contributed by atoms with Gasteiger partial charge in [-0.25, -0.2) is 9.97 Å². The first-order chi connectivity index (χ1) is 8.15. The van der Waals surface area contributed by atoms with Crippen molar-refractivity contribution in [3.05, 3.63) is 12.4 Å². The van der Waals surface area contributed by atoms with E-state index in [-0.39, 0.29) is 0 Å². The van der Waals surface area contributed by atoms with Gasteiger partial charge in [0.15, 0.2) is 0 Å². The van der Waals surface area contributed by atoms with Gasteiger partial charge in [-0.2, -0.15) is 0 Å². The highest BCUT2D eigenvalue weighted by Crippen LogP contribution is 2.18. The van der Waals surface area contributed by atoms with Crippen LogP contribution in [0.2, 0.25) is 6.82 Å². The Morgan fingerprint density at radius 1 is 1.47 bits per heavy atom. The number of hydrogen-bond donors (Lipinski definition) is 3. The zero-order chi connectivity index (χ0) is 12.3. The maximum atomic E-state index is 9.26. The zero-order valence-electron chi connectivity index (χ0n) is 10.0. The summed E-state index contributed by atoms with van der Waals surface area (Å²) in [5.74, 6) is 1.38. The summed E-state index contributed by atoms with van der Waals surface area (Å²) < 4.78 is 0. The standard InChI is InChI=1S/C10H18BN5O/c1-11(17)15-8-2-4-16(5-3-8)10-6-9(12)13-7-14-10/h6-8,15,17H,2-5H2,1H3,(H2,12,13,14). The highest BCUT2D eigenvalue weighted by molar-refractivity contribution is 6.45. The average molecular weight is 235 g/mol. The molecule has 2 rings (SSSR count). The van der Waals surface area contributed by atoms with Gasteiger partial charge in [-0.05, 0) is 19.7 Å². The molecular formula is C10H18BN5O. The Kier molecular flexibility index (Phi) is 3.80. The van der Waals surface area contributed by atoms with Crippen LogP contribution in [0, 0.1) is 0 Å². The highest BCUT2D eigenvalue weighted by atomic mass is 16.2. The summed E-state index contributed by atoms with van der Waals surface area (Å²) in [7, 11) is -0.443. The molecule has 0 radical (unpaired) electrons. The fourth-order valence-electron chi connectivity index (χ4n) is 2.15. The second-order valence-corrected chi connectivity index (χ2v) is 4.41. The molecule has 0 atom stereocenters. The summed E-state index contributed by atoms with van der Waals surface area (Å²) in [5.41, 5.74) is 5.64. The number of piperidine rings is 1. The Morgan fingerprint density at radius 3 is 2.76 bits per heavy atom. The number of rotatable bonds is 3. The van der Waals surface area contributed by atoms with Crippen LogP contribution < -0.4 is 15.9 Å². The van der Waals surface area contributed by atoms with Gasteiger partial charge < -0.3 is 20.9 Å². The van der Waals surface area contributed by atoms with E-state index in [0.29, 0.717) is 11.9 Å². The van der Waals surface area contributed by atoms with Crippen molar-refractivity contribution in [3.63, 3.8) is 0 Å². The molecule has 1 fully saturated rings. The van der Waals surface area contributed by atoms with Crippen LogP contribution in [0.3, 0.4) is 0 Å². The normalized spacial score (nSPS) is 17.2. The fraction of sp³-hybridized carbons (Fsp3) is 0.600.